The molecule has 3 aliphatic rings. The van der Waals surface area contributed by atoms with Crippen LogP contribution in [0.4, 0.5) is 0 Å². The standard InChI is InChI=1S/C25H42O16/c1-2-3-4-5-6-37-25-22(19(34)16(31)12(9-28)39-25)40-23(36)13-17(32)14(29)10(7-26)21(13)41-24-20(35)18(33)15(30)11(8-27)38-24/h2,10-17,19,21-36H,1,3-9H2/t10?,11?,12?,13?,14-,15-,16-,17?,19?,21?,22?,23-,24+,25+/m1/s1. The summed E-state index contributed by atoms with van der Waals surface area (Å²) in [4.78, 5) is 0. The Bertz CT molecular complexity index is 857. The van der Waals surface area contributed by atoms with Gasteiger partial charge in [-0.15, -0.1) is 6.58 Å². The van der Waals surface area contributed by atoms with Gasteiger partial charge in [0.05, 0.1) is 44.1 Å². The van der Waals surface area contributed by atoms with Crippen molar-refractivity contribution in [1.29, 1.82) is 0 Å². The lowest BCUT2D eigenvalue weighted by atomic mass is 9.97. The SMILES string of the molecule is C=CCCCCO[C@H]1OC(CO)[C@@H](O)C(O)C1O[C@@H](O)C1C(O[C@@H]2OC(CO)[C@@H](O)C(O)=C2O)C(CO)[C@@H](O)C1O. The zero-order valence-electron chi connectivity index (χ0n) is 22.3. The molecule has 0 bridgehead atoms. The number of aliphatic hydroxyl groups excluding tert-OH is 11. The average Bonchev–Trinajstić information content (AvgIpc) is 3.20. The molecular formula is C25H42O16. The third kappa shape index (κ3) is 7.36. The van der Waals surface area contributed by atoms with Gasteiger partial charge in [-0.3, -0.25) is 0 Å². The Morgan fingerprint density at radius 3 is 2.10 bits per heavy atom. The zero-order chi connectivity index (χ0) is 30.4. The highest BCUT2D eigenvalue weighted by Crippen LogP contribution is 2.40. The normalized spacial score (nSPS) is 42.4. The highest BCUT2D eigenvalue weighted by molar-refractivity contribution is 5.13. The lowest BCUT2D eigenvalue weighted by Crippen LogP contribution is -2.61. The summed E-state index contributed by atoms with van der Waals surface area (Å²) in [6.45, 7) is 1.50. The monoisotopic (exact) mass is 598 g/mol. The summed E-state index contributed by atoms with van der Waals surface area (Å²) in [6, 6.07) is 0. The molecule has 2 fully saturated rings. The molecule has 0 spiro atoms. The molecule has 238 valence electrons. The van der Waals surface area contributed by atoms with E-state index in [1.165, 1.54) is 0 Å². The lowest BCUT2D eigenvalue weighted by Gasteiger charge is -2.43. The third-order valence-electron chi connectivity index (χ3n) is 7.61. The van der Waals surface area contributed by atoms with Crippen LogP contribution in [0.3, 0.4) is 0 Å². The lowest BCUT2D eigenvalue weighted by molar-refractivity contribution is -0.341. The molecule has 14 atom stereocenters. The summed E-state index contributed by atoms with van der Waals surface area (Å²) < 4.78 is 27.7. The summed E-state index contributed by atoms with van der Waals surface area (Å²) in [5.74, 6) is -4.83. The van der Waals surface area contributed by atoms with E-state index >= 15 is 0 Å². The number of hydrogen-bond donors (Lipinski definition) is 11. The molecule has 41 heavy (non-hydrogen) atoms. The largest absolute Gasteiger partial charge is 0.506 e. The van der Waals surface area contributed by atoms with Crippen LogP contribution < -0.4 is 0 Å². The summed E-state index contributed by atoms with van der Waals surface area (Å²) in [5.41, 5.74) is 0. The highest BCUT2D eigenvalue weighted by Gasteiger charge is 2.56. The van der Waals surface area contributed by atoms with Gasteiger partial charge in [0, 0.05) is 12.5 Å². The van der Waals surface area contributed by atoms with Crippen LogP contribution in [0.5, 0.6) is 0 Å². The maximum absolute atomic E-state index is 11.1. The number of unbranched alkanes of at least 4 members (excludes halogenated alkanes) is 2. The van der Waals surface area contributed by atoms with E-state index in [0.717, 1.165) is 6.42 Å². The Labute approximate surface area is 235 Å². The van der Waals surface area contributed by atoms with Gasteiger partial charge in [-0.25, -0.2) is 0 Å². The number of aliphatic hydroxyl groups is 11. The van der Waals surface area contributed by atoms with E-state index < -0.39 is 117 Å². The van der Waals surface area contributed by atoms with Gasteiger partial charge in [0.25, 0.3) is 0 Å². The van der Waals surface area contributed by atoms with Crippen molar-refractivity contribution >= 4 is 0 Å². The summed E-state index contributed by atoms with van der Waals surface area (Å²) in [5, 5.41) is 113. The van der Waals surface area contributed by atoms with Crippen LogP contribution in [0.1, 0.15) is 19.3 Å². The van der Waals surface area contributed by atoms with Crippen molar-refractivity contribution in [3.8, 4) is 0 Å². The molecule has 8 unspecified atom stereocenters. The zero-order valence-corrected chi connectivity index (χ0v) is 22.3. The van der Waals surface area contributed by atoms with Gasteiger partial charge in [-0.1, -0.05) is 6.08 Å². The van der Waals surface area contributed by atoms with Gasteiger partial charge < -0.3 is 79.9 Å². The molecule has 11 N–H and O–H groups in total. The fourth-order valence-electron chi connectivity index (χ4n) is 5.19. The van der Waals surface area contributed by atoms with Crippen LogP contribution in [-0.4, -0.2) is 156 Å². The molecule has 0 aromatic heterocycles. The van der Waals surface area contributed by atoms with Gasteiger partial charge in [0.15, 0.2) is 24.1 Å². The van der Waals surface area contributed by atoms with Gasteiger partial charge >= 0.3 is 0 Å². The van der Waals surface area contributed by atoms with Crippen LogP contribution in [0.15, 0.2) is 24.2 Å². The second-order valence-corrected chi connectivity index (χ2v) is 10.3. The van der Waals surface area contributed by atoms with Crippen LogP contribution in [-0.2, 0) is 23.7 Å². The Kier molecular flexibility index (Phi) is 12.7. The van der Waals surface area contributed by atoms with Gasteiger partial charge in [-0.05, 0) is 19.3 Å². The van der Waals surface area contributed by atoms with E-state index in [-0.39, 0.29) is 6.61 Å². The molecule has 2 aliphatic heterocycles. The molecule has 1 saturated heterocycles. The molecule has 16 heteroatoms. The smallest absolute Gasteiger partial charge is 0.220 e. The fraction of sp³-hybridized carbons (Fsp3) is 0.840. The van der Waals surface area contributed by atoms with Crippen LogP contribution in [0, 0.1) is 11.8 Å². The van der Waals surface area contributed by atoms with Gasteiger partial charge in [0.2, 0.25) is 6.29 Å². The quantitative estimate of drug-likeness (QED) is 0.0521. The van der Waals surface area contributed by atoms with Crippen molar-refractivity contribution in [2.45, 2.75) is 93.1 Å². The van der Waals surface area contributed by atoms with E-state index in [2.05, 4.69) is 6.58 Å². The summed E-state index contributed by atoms with van der Waals surface area (Å²) >= 11 is 0. The Hall–Kier alpha value is -1.48. The number of allylic oxidation sites excluding steroid dienone is 1. The van der Waals surface area contributed by atoms with E-state index in [0.29, 0.717) is 12.8 Å². The first kappa shape index (κ1) is 34.0. The molecule has 1 aliphatic carbocycles. The predicted octanol–water partition coefficient (Wildman–Crippen LogP) is -3.75. The van der Waals surface area contributed by atoms with E-state index in [4.69, 9.17) is 23.7 Å². The Morgan fingerprint density at radius 1 is 0.805 bits per heavy atom. The van der Waals surface area contributed by atoms with Crippen molar-refractivity contribution in [1.82, 2.24) is 0 Å². The van der Waals surface area contributed by atoms with Crippen molar-refractivity contribution in [2.75, 3.05) is 26.4 Å². The molecule has 1 saturated carbocycles. The van der Waals surface area contributed by atoms with E-state index in [1.54, 1.807) is 6.08 Å². The van der Waals surface area contributed by atoms with Gasteiger partial charge in [-0.2, -0.15) is 0 Å². The maximum Gasteiger partial charge on any atom is 0.220 e. The first-order chi connectivity index (χ1) is 19.5. The Morgan fingerprint density at radius 2 is 1.49 bits per heavy atom. The number of rotatable bonds is 14. The fourth-order valence-corrected chi connectivity index (χ4v) is 5.19. The summed E-state index contributed by atoms with van der Waals surface area (Å²) in [6.07, 6.45) is -16.1. The first-order valence-corrected chi connectivity index (χ1v) is 13.4. The molecule has 0 radical (unpaired) electrons. The highest BCUT2D eigenvalue weighted by atomic mass is 16.7. The topological polar surface area (TPSA) is 269 Å². The van der Waals surface area contributed by atoms with Crippen LogP contribution >= 0.6 is 0 Å². The minimum atomic E-state index is -2.09. The molecule has 0 aromatic carbocycles. The minimum Gasteiger partial charge on any atom is -0.506 e. The van der Waals surface area contributed by atoms with Gasteiger partial charge in [0.1, 0.15) is 36.6 Å². The molecule has 0 aromatic rings. The average molecular weight is 599 g/mol. The van der Waals surface area contributed by atoms with Crippen LogP contribution in [0.25, 0.3) is 0 Å². The number of hydrogen-bond acceptors (Lipinski definition) is 16. The van der Waals surface area contributed by atoms with E-state index in [1.807, 2.05) is 0 Å². The summed E-state index contributed by atoms with van der Waals surface area (Å²) in [7, 11) is 0. The van der Waals surface area contributed by atoms with Crippen molar-refractivity contribution in [3.05, 3.63) is 24.2 Å². The van der Waals surface area contributed by atoms with E-state index in [9.17, 15) is 56.2 Å². The molecule has 2 heterocycles. The molecule has 0 amide bonds. The number of ether oxygens (including phenoxy) is 5. The van der Waals surface area contributed by atoms with Crippen molar-refractivity contribution in [3.63, 3.8) is 0 Å². The molecular weight excluding hydrogens is 556 g/mol. The molecule has 3 rings (SSSR count). The minimum absolute atomic E-state index is 0.116. The first-order valence-electron chi connectivity index (χ1n) is 13.4. The van der Waals surface area contributed by atoms with Crippen molar-refractivity contribution in [2.24, 2.45) is 11.8 Å². The van der Waals surface area contributed by atoms with Crippen LogP contribution in [0.2, 0.25) is 0 Å². The maximum atomic E-state index is 11.1. The molecule has 16 nitrogen and oxygen atoms in total. The Balaban J connectivity index is 1.82. The van der Waals surface area contributed by atoms with Crippen molar-refractivity contribution < 1.29 is 79.9 Å². The second kappa shape index (κ2) is 15.3. The second-order valence-electron chi connectivity index (χ2n) is 10.3. The third-order valence-corrected chi connectivity index (χ3v) is 7.61. The predicted molar refractivity (Wildman–Crippen MR) is 134 cm³/mol.